The van der Waals surface area contributed by atoms with Crippen molar-refractivity contribution < 1.29 is 0 Å². The molecule has 0 saturated carbocycles. The first-order valence-electron chi connectivity index (χ1n) is 7.32. The van der Waals surface area contributed by atoms with Crippen molar-refractivity contribution in [1.82, 2.24) is 5.32 Å². The van der Waals surface area contributed by atoms with Crippen LogP contribution in [0.3, 0.4) is 0 Å². The van der Waals surface area contributed by atoms with E-state index >= 15 is 0 Å². The van der Waals surface area contributed by atoms with E-state index in [-0.39, 0.29) is 0 Å². The summed E-state index contributed by atoms with van der Waals surface area (Å²) in [6, 6.07) is 15.7. The van der Waals surface area contributed by atoms with Crippen LogP contribution in [0.4, 0.5) is 0 Å². The second-order valence-electron chi connectivity index (χ2n) is 5.03. The van der Waals surface area contributed by atoms with Gasteiger partial charge in [-0.3, -0.25) is 0 Å². The Morgan fingerprint density at radius 1 is 1.15 bits per heavy atom. The Morgan fingerprint density at radius 2 is 1.95 bits per heavy atom. The average Bonchev–Trinajstić information content (AvgIpc) is 2.90. The van der Waals surface area contributed by atoms with Crippen LogP contribution in [0.2, 0.25) is 0 Å². The third-order valence-electron chi connectivity index (χ3n) is 3.38. The normalized spacial score (nSPS) is 12.5. The summed E-state index contributed by atoms with van der Waals surface area (Å²) in [6.07, 6.45) is 4.77. The quantitative estimate of drug-likeness (QED) is 0.654. The van der Waals surface area contributed by atoms with Gasteiger partial charge in [0.1, 0.15) is 0 Å². The Bertz CT molecular complexity index is 495. The van der Waals surface area contributed by atoms with Gasteiger partial charge in [0.2, 0.25) is 0 Å². The Balaban J connectivity index is 1.87. The molecule has 0 aliphatic carbocycles. The second kappa shape index (κ2) is 8.60. The lowest BCUT2D eigenvalue weighted by atomic mass is 10.0. The minimum atomic E-state index is 0.495. The molecule has 2 aromatic rings. The lowest BCUT2D eigenvalue weighted by molar-refractivity contribution is 0.490. The number of aryl methyl sites for hydroxylation is 1. The smallest absolute Gasteiger partial charge is 0.0701 e. The molecule has 0 bridgehead atoms. The molecule has 0 saturated heterocycles. The summed E-state index contributed by atoms with van der Waals surface area (Å²) >= 11 is 5.41. The fourth-order valence-electron chi connectivity index (χ4n) is 2.33. The first kappa shape index (κ1) is 15.7. The van der Waals surface area contributed by atoms with E-state index < -0.39 is 0 Å². The van der Waals surface area contributed by atoms with Gasteiger partial charge >= 0.3 is 0 Å². The molecular weight excluding hydrogens is 330 g/mol. The van der Waals surface area contributed by atoms with Gasteiger partial charge in [-0.15, -0.1) is 11.3 Å². The molecular formula is C17H22BrNS. The molecule has 1 nitrogen and oxygen atoms in total. The summed E-state index contributed by atoms with van der Waals surface area (Å²) in [5.74, 6) is 0. The zero-order valence-electron chi connectivity index (χ0n) is 11.9. The lowest BCUT2D eigenvalue weighted by Gasteiger charge is -2.17. The minimum Gasteiger partial charge on any atom is -0.309 e. The lowest BCUT2D eigenvalue weighted by Crippen LogP contribution is -2.21. The Morgan fingerprint density at radius 3 is 2.60 bits per heavy atom. The largest absolute Gasteiger partial charge is 0.309 e. The summed E-state index contributed by atoms with van der Waals surface area (Å²) in [5.41, 5.74) is 1.44. The molecule has 20 heavy (non-hydrogen) atoms. The molecule has 1 unspecified atom stereocenters. The zero-order chi connectivity index (χ0) is 14.2. The molecule has 1 heterocycles. The predicted molar refractivity (Wildman–Crippen MR) is 92.4 cm³/mol. The fourth-order valence-corrected chi connectivity index (χ4v) is 3.87. The van der Waals surface area contributed by atoms with Crippen molar-refractivity contribution in [3.63, 3.8) is 0 Å². The molecule has 1 aromatic carbocycles. The Kier molecular flexibility index (Phi) is 6.77. The van der Waals surface area contributed by atoms with E-state index in [2.05, 4.69) is 70.6 Å². The molecule has 0 aliphatic rings. The maximum Gasteiger partial charge on any atom is 0.0701 e. The molecule has 3 heteroatoms. The molecule has 2 rings (SSSR count). The van der Waals surface area contributed by atoms with Crippen LogP contribution in [0, 0.1) is 0 Å². The number of halogens is 1. The fraction of sp³-hybridized carbons (Fsp3) is 0.412. The van der Waals surface area contributed by atoms with Gasteiger partial charge < -0.3 is 5.32 Å². The van der Waals surface area contributed by atoms with Crippen molar-refractivity contribution >= 4 is 27.3 Å². The number of hydrogen-bond donors (Lipinski definition) is 1. The molecule has 0 amide bonds. The number of nitrogens with one attached hydrogen (secondary N) is 1. The highest BCUT2D eigenvalue weighted by Crippen LogP contribution is 2.30. The Hall–Kier alpha value is -0.640. The van der Waals surface area contributed by atoms with E-state index in [1.165, 1.54) is 33.5 Å². The summed E-state index contributed by atoms with van der Waals surface area (Å²) < 4.78 is 1.22. The highest BCUT2D eigenvalue weighted by molar-refractivity contribution is 9.11. The number of rotatable bonds is 8. The standard InChI is InChI=1S/C17H22BrNS/c1-2-13-19-15(16-11-12-17(18)20-16)10-6-9-14-7-4-3-5-8-14/h3-5,7-8,11-12,15,19H,2,6,9-10,13H2,1H3. The highest BCUT2D eigenvalue weighted by Gasteiger charge is 2.12. The van der Waals surface area contributed by atoms with Gasteiger partial charge in [0.15, 0.2) is 0 Å². The third-order valence-corrected chi connectivity index (χ3v) is 5.12. The van der Waals surface area contributed by atoms with Crippen molar-refractivity contribution in [1.29, 1.82) is 0 Å². The van der Waals surface area contributed by atoms with Gasteiger partial charge in [0, 0.05) is 10.9 Å². The van der Waals surface area contributed by atoms with Crippen LogP contribution in [0.15, 0.2) is 46.3 Å². The second-order valence-corrected chi connectivity index (χ2v) is 7.52. The van der Waals surface area contributed by atoms with Gasteiger partial charge in [-0.1, -0.05) is 37.3 Å². The molecule has 0 aliphatic heterocycles. The molecule has 1 atom stereocenters. The monoisotopic (exact) mass is 351 g/mol. The van der Waals surface area contributed by atoms with Crippen molar-refractivity contribution in [2.45, 2.75) is 38.6 Å². The van der Waals surface area contributed by atoms with Gasteiger partial charge in [0.05, 0.1) is 3.79 Å². The number of thiophene rings is 1. The van der Waals surface area contributed by atoms with E-state index in [1.807, 2.05) is 11.3 Å². The van der Waals surface area contributed by atoms with Crippen LogP contribution < -0.4 is 5.32 Å². The van der Waals surface area contributed by atoms with Crippen molar-refractivity contribution in [2.24, 2.45) is 0 Å². The molecule has 0 radical (unpaired) electrons. The van der Waals surface area contributed by atoms with E-state index in [4.69, 9.17) is 0 Å². The molecule has 0 fully saturated rings. The van der Waals surface area contributed by atoms with E-state index in [9.17, 15) is 0 Å². The SMILES string of the molecule is CCCNC(CCCc1ccccc1)c1ccc(Br)s1. The summed E-state index contributed by atoms with van der Waals surface area (Å²) in [4.78, 5) is 1.44. The van der Waals surface area contributed by atoms with Crippen LogP contribution in [0.1, 0.15) is 42.7 Å². The summed E-state index contributed by atoms with van der Waals surface area (Å²) in [6.45, 7) is 3.31. The van der Waals surface area contributed by atoms with Crippen molar-refractivity contribution in [2.75, 3.05) is 6.54 Å². The molecule has 108 valence electrons. The van der Waals surface area contributed by atoms with Crippen molar-refractivity contribution in [3.8, 4) is 0 Å². The van der Waals surface area contributed by atoms with Gasteiger partial charge in [-0.25, -0.2) is 0 Å². The van der Waals surface area contributed by atoms with Crippen LogP contribution in [0.5, 0.6) is 0 Å². The van der Waals surface area contributed by atoms with E-state index in [0.717, 1.165) is 13.0 Å². The molecule has 0 spiro atoms. The molecule has 1 aromatic heterocycles. The highest BCUT2D eigenvalue weighted by atomic mass is 79.9. The van der Waals surface area contributed by atoms with Crippen molar-refractivity contribution in [3.05, 3.63) is 56.7 Å². The van der Waals surface area contributed by atoms with Crippen LogP contribution in [-0.2, 0) is 6.42 Å². The van der Waals surface area contributed by atoms with Gasteiger partial charge in [-0.2, -0.15) is 0 Å². The first-order chi connectivity index (χ1) is 9.79. The van der Waals surface area contributed by atoms with E-state index in [0.29, 0.717) is 6.04 Å². The number of hydrogen-bond acceptors (Lipinski definition) is 2. The average molecular weight is 352 g/mol. The van der Waals surface area contributed by atoms with Gasteiger partial charge in [-0.05, 0) is 65.9 Å². The zero-order valence-corrected chi connectivity index (χ0v) is 14.3. The number of benzene rings is 1. The van der Waals surface area contributed by atoms with Crippen LogP contribution in [0.25, 0.3) is 0 Å². The van der Waals surface area contributed by atoms with Crippen LogP contribution in [-0.4, -0.2) is 6.54 Å². The predicted octanol–water partition coefficient (Wildman–Crippen LogP) is 5.57. The van der Waals surface area contributed by atoms with Crippen LogP contribution >= 0.6 is 27.3 Å². The third kappa shape index (κ3) is 5.04. The van der Waals surface area contributed by atoms with E-state index in [1.54, 1.807) is 0 Å². The minimum absolute atomic E-state index is 0.495. The maximum atomic E-state index is 3.67. The topological polar surface area (TPSA) is 12.0 Å². The Labute approximate surface area is 134 Å². The first-order valence-corrected chi connectivity index (χ1v) is 8.93. The summed E-state index contributed by atoms with van der Waals surface area (Å²) in [7, 11) is 0. The van der Waals surface area contributed by atoms with Gasteiger partial charge in [0.25, 0.3) is 0 Å². The maximum absolute atomic E-state index is 3.67. The molecule has 1 N–H and O–H groups in total. The summed E-state index contributed by atoms with van der Waals surface area (Å²) in [5, 5.41) is 3.67.